The number of methoxy groups -OCH3 is 1. The lowest BCUT2D eigenvalue weighted by molar-refractivity contribution is -0.127. The zero-order valence-electron chi connectivity index (χ0n) is 18.8. The third-order valence-electron chi connectivity index (χ3n) is 5.52. The summed E-state index contributed by atoms with van der Waals surface area (Å²) in [4.78, 5) is 16.7. The number of anilines is 1. The molecule has 1 aliphatic rings. The monoisotopic (exact) mass is 455 g/mol. The Balaban J connectivity index is 1.55. The average Bonchev–Trinajstić information content (AvgIpc) is 3.43. The van der Waals surface area contributed by atoms with Gasteiger partial charge in [-0.1, -0.05) is 23.9 Å². The number of carbonyl (C=O) groups is 1. The van der Waals surface area contributed by atoms with Crippen LogP contribution in [0.15, 0.2) is 46.0 Å². The molecule has 3 heterocycles. The van der Waals surface area contributed by atoms with E-state index in [0.717, 1.165) is 54.8 Å². The number of ether oxygens (including phenoxy) is 1. The number of carbonyl (C=O) groups excluding carboxylic acids is 1. The van der Waals surface area contributed by atoms with E-state index in [1.165, 1.54) is 18.2 Å². The normalized spacial score (nSPS) is 13.9. The van der Waals surface area contributed by atoms with Crippen molar-refractivity contribution in [2.45, 2.75) is 37.9 Å². The molecule has 3 aromatic rings. The minimum Gasteiger partial charge on any atom is -0.495 e. The highest BCUT2D eigenvalue weighted by molar-refractivity contribution is 7.99. The van der Waals surface area contributed by atoms with Gasteiger partial charge in [0.1, 0.15) is 17.3 Å². The van der Waals surface area contributed by atoms with E-state index in [4.69, 9.17) is 9.15 Å². The van der Waals surface area contributed by atoms with Crippen LogP contribution in [0.5, 0.6) is 5.75 Å². The molecule has 8 nitrogen and oxygen atoms in total. The molecule has 0 atom stereocenters. The first-order valence-electron chi connectivity index (χ1n) is 10.8. The molecule has 0 aliphatic carbocycles. The third-order valence-corrected chi connectivity index (χ3v) is 6.43. The molecule has 170 valence electrons. The highest BCUT2D eigenvalue weighted by Gasteiger charge is 2.24. The summed E-state index contributed by atoms with van der Waals surface area (Å²) in [5, 5.41) is 9.63. The van der Waals surface area contributed by atoms with Crippen molar-refractivity contribution in [3.8, 4) is 11.4 Å². The van der Waals surface area contributed by atoms with Crippen molar-refractivity contribution in [1.29, 1.82) is 0 Å². The summed E-state index contributed by atoms with van der Waals surface area (Å²) in [6, 6.07) is 11.6. The largest absolute Gasteiger partial charge is 0.495 e. The lowest BCUT2D eigenvalue weighted by Gasteiger charge is -2.28. The van der Waals surface area contributed by atoms with Crippen LogP contribution in [0.4, 0.5) is 5.95 Å². The molecule has 1 saturated heterocycles. The quantitative estimate of drug-likeness (QED) is 0.477. The van der Waals surface area contributed by atoms with E-state index in [9.17, 15) is 4.79 Å². The Labute approximate surface area is 192 Å². The van der Waals surface area contributed by atoms with Crippen molar-refractivity contribution in [1.82, 2.24) is 19.7 Å². The molecule has 1 aliphatic heterocycles. The second kappa shape index (κ2) is 10.1. The fraction of sp³-hybridized carbons (Fsp3) is 0.435. The number of piperidine rings is 1. The predicted molar refractivity (Wildman–Crippen MR) is 125 cm³/mol. The van der Waals surface area contributed by atoms with Crippen LogP contribution in [0.2, 0.25) is 0 Å². The van der Waals surface area contributed by atoms with Gasteiger partial charge < -0.3 is 19.0 Å². The number of hydrogen-bond donors (Lipinski definition) is 0. The van der Waals surface area contributed by atoms with Gasteiger partial charge >= 0.3 is 0 Å². The zero-order valence-corrected chi connectivity index (χ0v) is 19.6. The molecule has 0 unspecified atom stereocenters. The fourth-order valence-electron chi connectivity index (χ4n) is 3.81. The number of thioether (sulfide) groups is 1. The number of rotatable bonds is 8. The number of para-hydroxylation sites is 2. The van der Waals surface area contributed by atoms with Gasteiger partial charge in [-0.15, -0.1) is 10.2 Å². The van der Waals surface area contributed by atoms with E-state index in [0.29, 0.717) is 11.7 Å². The van der Waals surface area contributed by atoms with E-state index in [1.54, 1.807) is 19.1 Å². The highest BCUT2D eigenvalue weighted by atomic mass is 32.2. The van der Waals surface area contributed by atoms with Gasteiger partial charge in [-0.25, -0.2) is 0 Å². The molecule has 4 rings (SSSR count). The summed E-state index contributed by atoms with van der Waals surface area (Å²) in [5.41, 5.74) is 0.870. The number of hydrogen-bond acceptors (Lipinski definition) is 7. The Morgan fingerprint density at radius 3 is 2.66 bits per heavy atom. The maximum Gasteiger partial charge on any atom is 0.233 e. The van der Waals surface area contributed by atoms with Crippen LogP contribution in [-0.2, 0) is 11.3 Å². The van der Waals surface area contributed by atoms with Gasteiger partial charge in [0.05, 0.1) is 25.1 Å². The van der Waals surface area contributed by atoms with Crippen LogP contribution < -0.4 is 9.64 Å². The number of benzene rings is 1. The molecular formula is C23H29N5O3S. The van der Waals surface area contributed by atoms with Gasteiger partial charge in [-0.05, 0) is 50.5 Å². The van der Waals surface area contributed by atoms with Gasteiger partial charge in [0.25, 0.3) is 0 Å². The first-order valence-corrected chi connectivity index (χ1v) is 11.8. The third kappa shape index (κ3) is 4.93. The smallest absolute Gasteiger partial charge is 0.233 e. The first-order chi connectivity index (χ1) is 15.6. The van der Waals surface area contributed by atoms with Gasteiger partial charge in [0, 0.05) is 20.1 Å². The molecule has 9 heteroatoms. The molecule has 0 saturated carbocycles. The zero-order chi connectivity index (χ0) is 22.5. The molecule has 0 N–H and O–H groups in total. The first kappa shape index (κ1) is 22.3. The molecule has 0 spiro atoms. The molecule has 0 radical (unpaired) electrons. The highest BCUT2D eigenvalue weighted by Crippen LogP contribution is 2.32. The molecule has 32 heavy (non-hydrogen) atoms. The van der Waals surface area contributed by atoms with Gasteiger partial charge in [0.15, 0.2) is 5.16 Å². The van der Waals surface area contributed by atoms with Crippen molar-refractivity contribution in [2.75, 3.05) is 37.9 Å². The van der Waals surface area contributed by atoms with Gasteiger partial charge in [-0.2, -0.15) is 0 Å². The van der Waals surface area contributed by atoms with Crippen LogP contribution in [0.25, 0.3) is 5.69 Å². The van der Waals surface area contributed by atoms with Crippen LogP contribution in [0, 0.1) is 6.92 Å². The van der Waals surface area contributed by atoms with E-state index in [-0.39, 0.29) is 11.7 Å². The minimum atomic E-state index is -0.00171. The lowest BCUT2D eigenvalue weighted by Crippen LogP contribution is -2.32. The van der Waals surface area contributed by atoms with Crippen molar-refractivity contribution < 1.29 is 13.9 Å². The summed E-state index contributed by atoms with van der Waals surface area (Å²) in [5.74, 6) is 3.40. The van der Waals surface area contributed by atoms with Crippen LogP contribution in [0.3, 0.4) is 0 Å². The van der Waals surface area contributed by atoms with E-state index < -0.39 is 0 Å². The summed E-state index contributed by atoms with van der Waals surface area (Å²) < 4.78 is 13.2. The van der Waals surface area contributed by atoms with Crippen molar-refractivity contribution in [3.05, 3.63) is 47.9 Å². The van der Waals surface area contributed by atoms with Crippen LogP contribution in [0.1, 0.15) is 30.8 Å². The molecule has 1 fully saturated rings. The summed E-state index contributed by atoms with van der Waals surface area (Å²) >= 11 is 1.38. The fourth-order valence-corrected chi connectivity index (χ4v) is 4.69. The van der Waals surface area contributed by atoms with Crippen molar-refractivity contribution >= 4 is 23.6 Å². The number of amides is 1. The van der Waals surface area contributed by atoms with E-state index >= 15 is 0 Å². The lowest BCUT2D eigenvalue weighted by atomic mass is 10.1. The Morgan fingerprint density at radius 1 is 1.16 bits per heavy atom. The van der Waals surface area contributed by atoms with Crippen molar-refractivity contribution in [3.63, 3.8) is 0 Å². The summed E-state index contributed by atoms with van der Waals surface area (Å²) in [6.07, 6.45) is 3.50. The Kier molecular flexibility index (Phi) is 7.04. The molecule has 0 bridgehead atoms. The number of nitrogens with zero attached hydrogens (tertiary/aromatic N) is 5. The second-order valence-corrected chi connectivity index (χ2v) is 8.83. The second-order valence-electron chi connectivity index (χ2n) is 7.89. The summed E-state index contributed by atoms with van der Waals surface area (Å²) in [6.45, 7) is 4.22. The van der Waals surface area contributed by atoms with Crippen LogP contribution in [-0.4, -0.2) is 58.6 Å². The van der Waals surface area contributed by atoms with Crippen LogP contribution >= 0.6 is 11.8 Å². The minimum absolute atomic E-state index is 0.00171. The van der Waals surface area contributed by atoms with E-state index in [1.807, 2.05) is 47.9 Å². The number of aryl methyl sites for hydroxylation is 1. The van der Waals surface area contributed by atoms with Crippen molar-refractivity contribution in [2.24, 2.45) is 0 Å². The Morgan fingerprint density at radius 2 is 1.94 bits per heavy atom. The summed E-state index contributed by atoms with van der Waals surface area (Å²) in [7, 11) is 3.44. The van der Waals surface area contributed by atoms with E-state index in [2.05, 4.69) is 15.1 Å². The number of aromatic nitrogens is 3. The number of furan rings is 1. The predicted octanol–water partition coefficient (Wildman–Crippen LogP) is 3.92. The average molecular weight is 456 g/mol. The van der Waals surface area contributed by atoms with Gasteiger partial charge in [0.2, 0.25) is 11.9 Å². The Bertz CT molecular complexity index is 1060. The molecule has 1 amide bonds. The molecular weight excluding hydrogens is 426 g/mol. The maximum atomic E-state index is 12.8. The molecule has 1 aromatic carbocycles. The van der Waals surface area contributed by atoms with Gasteiger partial charge in [-0.3, -0.25) is 9.36 Å². The molecule has 2 aromatic heterocycles. The standard InChI is InChI=1S/C23H29N5O3S/c1-17-11-12-18(31-17)15-26(2)21(29)16-32-23-25-24-22(27-13-7-4-8-14-27)28(23)19-9-5-6-10-20(19)30-3/h5-6,9-12H,4,7-8,13-16H2,1-3H3. The SMILES string of the molecule is COc1ccccc1-n1c(SCC(=O)N(C)Cc2ccc(C)o2)nnc1N1CCCCC1. The maximum absolute atomic E-state index is 12.8. The Hall–Kier alpha value is -2.94. The topological polar surface area (TPSA) is 76.6 Å².